The van der Waals surface area contributed by atoms with Gasteiger partial charge < -0.3 is 10.6 Å². The van der Waals surface area contributed by atoms with Crippen molar-refractivity contribution in [2.24, 2.45) is 0 Å². The molecule has 0 fully saturated rings. The van der Waals surface area contributed by atoms with Crippen LogP contribution in [0, 0.1) is 0 Å². The Morgan fingerprint density at radius 3 is 2.60 bits per heavy atom. The molecule has 1 aliphatic rings. The zero-order valence-corrected chi connectivity index (χ0v) is 13.9. The Kier molecular flexibility index (Phi) is 3.94. The second-order valence-electron chi connectivity index (χ2n) is 6.20. The van der Waals surface area contributed by atoms with Crippen molar-refractivity contribution in [3.05, 3.63) is 78.1 Å². The quantitative estimate of drug-likeness (QED) is 0.775. The molecule has 2 N–H and O–H groups in total. The molecular weight excluding hydrogens is 310 g/mol. The third-order valence-electron chi connectivity index (χ3n) is 4.66. The Bertz CT molecular complexity index is 921. The monoisotopic (exact) mass is 329 g/mol. The minimum atomic E-state index is -0.0880. The minimum Gasteiger partial charge on any atom is -0.397 e. The number of hydrogen-bond donors (Lipinski definition) is 1. The van der Waals surface area contributed by atoms with Gasteiger partial charge in [-0.2, -0.15) is 0 Å². The molecule has 4 nitrogen and oxygen atoms in total. The van der Waals surface area contributed by atoms with Gasteiger partial charge in [-0.05, 0) is 30.0 Å². The van der Waals surface area contributed by atoms with Crippen LogP contribution in [0.2, 0.25) is 0 Å². The fraction of sp³-hybridized carbons (Fsp3) is 0.143. The van der Waals surface area contributed by atoms with Gasteiger partial charge in [0.15, 0.2) is 0 Å². The molecule has 0 spiro atoms. The summed E-state index contributed by atoms with van der Waals surface area (Å²) in [7, 11) is 0. The van der Waals surface area contributed by atoms with E-state index in [0.29, 0.717) is 17.8 Å². The molecule has 2 aromatic carbocycles. The molecular formula is C21H19N3O. The van der Waals surface area contributed by atoms with Crippen molar-refractivity contribution in [3.8, 4) is 11.1 Å². The first-order valence-electron chi connectivity index (χ1n) is 8.44. The maximum Gasteiger partial charge on any atom is 0.261 e. The summed E-state index contributed by atoms with van der Waals surface area (Å²) >= 11 is 0. The topological polar surface area (TPSA) is 59.2 Å². The van der Waals surface area contributed by atoms with Crippen LogP contribution in [0.25, 0.3) is 11.1 Å². The lowest BCUT2D eigenvalue weighted by molar-refractivity contribution is 0.0985. The van der Waals surface area contributed by atoms with E-state index in [1.54, 1.807) is 12.4 Å². The highest BCUT2D eigenvalue weighted by molar-refractivity contribution is 6.11. The van der Waals surface area contributed by atoms with Crippen molar-refractivity contribution in [2.75, 3.05) is 17.2 Å². The van der Waals surface area contributed by atoms with Gasteiger partial charge in [0, 0.05) is 30.2 Å². The molecule has 0 saturated carbocycles. The number of aromatic nitrogens is 1. The molecule has 0 radical (unpaired) electrons. The van der Waals surface area contributed by atoms with Gasteiger partial charge in [0.1, 0.15) is 0 Å². The standard InChI is InChI=1S/C21H19N3O/c22-20-17(15-7-2-1-3-8-15)13-23-14-18(20)21(25)24-12-6-10-16-9-4-5-11-19(16)24/h1-5,7-9,11,13-14H,6,10,12H2,(H2,22,23). The first kappa shape index (κ1) is 15.4. The predicted octanol–water partition coefficient (Wildman–Crippen LogP) is 3.92. The molecule has 1 aromatic heterocycles. The van der Waals surface area contributed by atoms with E-state index in [4.69, 9.17) is 5.73 Å². The highest BCUT2D eigenvalue weighted by atomic mass is 16.2. The maximum absolute atomic E-state index is 13.2. The average Bonchev–Trinajstić information content (AvgIpc) is 2.68. The molecule has 4 heteroatoms. The van der Waals surface area contributed by atoms with Crippen LogP contribution in [0.5, 0.6) is 0 Å². The van der Waals surface area contributed by atoms with Gasteiger partial charge in [-0.15, -0.1) is 0 Å². The molecule has 4 rings (SSSR count). The number of benzene rings is 2. The first-order chi connectivity index (χ1) is 12.3. The van der Waals surface area contributed by atoms with E-state index >= 15 is 0 Å². The van der Waals surface area contributed by atoms with Gasteiger partial charge in [-0.1, -0.05) is 48.5 Å². The Labute approximate surface area is 146 Å². The Balaban J connectivity index is 1.75. The molecule has 0 atom stereocenters. The van der Waals surface area contributed by atoms with Crippen LogP contribution in [0.3, 0.4) is 0 Å². The summed E-state index contributed by atoms with van der Waals surface area (Å²) in [6.45, 7) is 0.699. The number of fused-ring (bicyclic) bond motifs is 1. The molecule has 0 aliphatic carbocycles. The molecule has 2 heterocycles. The normalized spacial score (nSPS) is 13.4. The average molecular weight is 329 g/mol. The Hall–Kier alpha value is -3.14. The van der Waals surface area contributed by atoms with Crippen molar-refractivity contribution >= 4 is 17.3 Å². The number of pyridine rings is 1. The van der Waals surface area contributed by atoms with Crippen LogP contribution in [-0.4, -0.2) is 17.4 Å². The minimum absolute atomic E-state index is 0.0880. The zero-order valence-electron chi connectivity index (χ0n) is 13.9. The SMILES string of the molecule is Nc1c(C(=O)N2CCCc3ccccc32)cncc1-c1ccccc1. The van der Waals surface area contributed by atoms with Crippen LogP contribution in [0.1, 0.15) is 22.3 Å². The van der Waals surface area contributed by atoms with Crippen LogP contribution in [-0.2, 0) is 6.42 Å². The number of nitrogens with two attached hydrogens (primary N) is 1. The highest BCUT2D eigenvalue weighted by Crippen LogP contribution is 2.32. The summed E-state index contributed by atoms with van der Waals surface area (Å²) in [5.41, 5.74) is 11.2. The van der Waals surface area contributed by atoms with Gasteiger partial charge in [0.25, 0.3) is 5.91 Å². The second kappa shape index (κ2) is 6.40. The summed E-state index contributed by atoms with van der Waals surface area (Å²) in [6, 6.07) is 17.8. The van der Waals surface area contributed by atoms with E-state index in [2.05, 4.69) is 11.1 Å². The lowest BCUT2D eigenvalue weighted by Gasteiger charge is -2.30. The Morgan fingerprint density at radius 2 is 1.76 bits per heavy atom. The van der Waals surface area contributed by atoms with E-state index in [0.717, 1.165) is 29.7 Å². The van der Waals surface area contributed by atoms with Crippen molar-refractivity contribution in [2.45, 2.75) is 12.8 Å². The highest BCUT2D eigenvalue weighted by Gasteiger charge is 2.25. The second-order valence-corrected chi connectivity index (χ2v) is 6.20. The number of hydrogen-bond acceptors (Lipinski definition) is 3. The van der Waals surface area contributed by atoms with Crippen molar-refractivity contribution in [1.29, 1.82) is 0 Å². The lowest BCUT2D eigenvalue weighted by Crippen LogP contribution is -2.36. The van der Waals surface area contributed by atoms with Gasteiger partial charge in [0.2, 0.25) is 0 Å². The van der Waals surface area contributed by atoms with E-state index in [9.17, 15) is 4.79 Å². The third-order valence-corrected chi connectivity index (χ3v) is 4.66. The van der Waals surface area contributed by atoms with Crippen molar-refractivity contribution < 1.29 is 4.79 Å². The molecule has 1 amide bonds. The van der Waals surface area contributed by atoms with Gasteiger partial charge >= 0.3 is 0 Å². The number of nitrogens with zero attached hydrogens (tertiary/aromatic N) is 2. The maximum atomic E-state index is 13.2. The lowest BCUT2D eigenvalue weighted by atomic mass is 9.99. The zero-order chi connectivity index (χ0) is 17.2. The smallest absolute Gasteiger partial charge is 0.261 e. The predicted molar refractivity (Wildman–Crippen MR) is 101 cm³/mol. The van der Waals surface area contributed by atoms with E-state index in [-0.39, 0.29) is 5.91 Å². The molecule has 0 saturated heterocycles. The van der Waals surface area contributed by atoms with Gasteiger partial charge in [-0.25, -0.2) is 0 Å². The third kappa shape index (κ3) is 2.76. The fourth-order valence-corrected chi connectivity index (χ4v) is 3.38. The van der Waals surface area contributed by atoms with Crippen LogP contribution >= 0.6 is 0 Å². The molecule has 25 heavy (non-hydrogen) atoms. The van der Waals surface area contributed by atoms with Gasteiger partial charge in [-0.3, -0.25) is 9.78 Å². The molecule has 124 valence electrons. The molecule has 0 bridgehead atoms. The number of nitrogen functional groups attached to an aromatic ring is 1. The molecule has 1 aliphatic heterocycles. The van der Waals surface area contributed by atoms with Crippen molar-refractivity contribution in [1.82, 2.24) is 4.98 Å². The number of carbonyl (C=O) groups excluding carboxylic acids is 1. The van der Waals surface area contributed by atoms with E-state index in [1.807, 2.05) is 53.4 Å². The summed E-state index contributed by atoms with van der Waals surface area (Å²) in [4.78, 5) is 19.3. The number of aryl methyl sites for hydroxylation is 1. The van der Waals surface area contributed by atoms with Crippen LogP contribution < -0.4 is 10.6 Å². The van der Waals surface area contributed by atoms with Crippen LogP contribution in [0.4, 0.5) is 11.4 Å². The summed E-state index contributed by atoms with van der Waals surface area (Å²) < 4.78 is 0. The fourth-order valence-electron chi connectivity index (χ4n) is 3.38. The summed E-state index contributed by atoms with van der Waals surface area (Å²) in [5, 5.41) is 0. The van der Waals surface area contributed by atoms with Crippen LogP contribution in [0.15, 0.2) is 67.0 Å². The van der Waals surface area contributed by atoms with Gasteiger partial charge in [0.05, 0.1) is 11.3 Å². The molecule has 3 aromatic rings. The Morgan fingerprint density at radius 1 is 1.00 bits per heavy atom. The van der Waals surface area contributed by atoms with E-state index < -0.39 is 0 Å². The molecule has 0 unspecified atom stereocenters. The van der Waals surface area contributed by atoms with Crippen molar-refractivity contribution in [3.63, 3.8) is 0 Å². The van der Waals surface area contributed by atoms with E-state index in [1.165, 1.54) is 5.56 Å². The first-order valence-corrected chi connectivity index (χ1v) is 8.44. The summed E-state index contributed by atoms with van der Waals surface area (Å²) in [5.74, 6) is -0.0880. The number of amides is 1. The number of carbonyl (C=O) groups is 1. The number of para-hydroxylation sites is 1. The largest absolute Gasteiger partial charge is 0.397 e. The number of rotatable bonds is 2. The summed E-state index contributed by atoms with van der Waals surface area (Å²) in [6.07, 6.45) is 5.24. The number of anilines is 2.